The highest BCUT2D eigenvalue weighted by molar-refractivity contribution is 4.89. The van der Waals surface area contributed by atoms with Crippen LogP contribution in [0.3, 0.4) is 0 Å². The maximum Gasteiger partial charge on any atom is 0.0100 e. The molecule has 3 atom stereocenters. The van der Waals surface area contributed by atoms with Crippen LogP contribution in [0.1, 0.15) is 59.3 Å². The van der Waals surface area contributed by atoms with Crippen molar-refractivity contribution in [2.75, 3.05) is 26.7 Å². The molecular formula is C17H34N2. The molecule has 1 aliphatic carbocycles. The average molecular weight is 266 g/mol. The van der Waals surface area contributed by atoms with E-state index in [1.807, 2.05) is 0 Å². The Morgan fingerprint density at radius 3 is 2.47 bits per heavy atom. The van der Waals surface area contributed by atoms with Crippen molar-refractivity contribution in [3.8, 4) is 0 Å². The third-order valence-corrected chi connectivity index (χ3v) is 5.27. The molecule has 0 amide bonds. The van der Waals surface area contributed by atoms with Crippen LogP contribution >= 0.6 is 0 Å². The topological polar surface area (TPSA) is 15.3 Å². The van der Waals surface area contributed by atoms with E-state index in [1.165, 1.54) is 58.2 Å². The lowest BCUT2D eigenvalue weighted by atomic mass is 9.69. The van der Waals surface area contributed by atoms with Gasteiger partial charge in [0, 0.05) is 12.6 Å². The van der Waals surface area contributed by atoms with Crippen molar-refractivity contribution < 1.29 is 0 Å². The quantitative estimate of drug-likeness (QED) is 0.841. The molecular weight excluding hydrogens is 232 g/mol. The average Bonchev–Trinajstić information content (AvgIpc) is 2.36. The van der Waals surface area contributed by atoms with Gasteiger partial charge in [-0.3, -0.25) is 0 Å². The zero-order valence-corrected chi connectivity index (χ0v) is 13.5. The third-order valence-electron chi connectivity index (χ3n) is 5.27. The van der Waals surface area contributed by atoms with E-state index in [9.17, 15) is 0 Å². The molecule has 3 unspecified atom stereocenters. The van der Waals surface area contributed by atoms with Crippen molar-refractivity contribution in [2.45, 2.75) is 65.3 Å². The van der Waals surface area contributed by atoms with E-state index in [2.05, 4.69) is 38.0 Å². The lowest BCUT2D eigenvalue weighted by Gasteiger charge is -2.42. The molecule has 112 valence electrons. The van der Waals surface area contributed by atoms with Gasteiger partial charge in [0.15, 0.2) is 0 Å². The molecule has 1 N–H and O–H groups in total. The zero-order valence-electron chi connectivity index (χ0n) is 13.5. The zero-order chi connectivity index (χ0) is 13.9. The normalized spacial score (nSPS) is 34.4. The number of hydrogen-bond acceptors (Lipinski definition) is 2. The van der Waals surface area contributed by atoms with E-state index in [-0.39, 0.29) is 0 Å². The molecule has 1 saturated carbocycles. The van der Waals surface area contributed by atoms with E-state index in [4.69, 9.17) is 0 Å². The molecule has 0 bridgehead atoms. The van der Waals surface area contributed by atoms with Crippen LogP contribution in [0.4, 0.5) is 0 Å². The van der Waals surface area contributed by atoms with E-state index in [0.717, 1.165) is 17.9 Å². The molecule has 2 rings (SSSR count). The number of hydrogen-bond donors (Lipinski definition) is 1. The van der Waals surface area contributed by atoms with E-state index in [1.54, 1.807) is 0 Å². The summed E-state index contributed by atoms with van der Waals surface area (Å²) in [5, 5.41) is 3.94. The molecule has 2 fully saturated rings. The summed E-state index contributed by atoms with van der Waals surface area (Å²) in [4.78, 5) is 2.50. The fraction of sp³-hybridized carbons (Fsp3) is 1.00. The molecule has 19 heavy (non-hydrogen) atoms. The molecule has 1 aliphatic heterocycles. The highest BCUT2D eigenvalue weighted by Gasteiger charge is 2.34. The second-order valence-corrected chi connectivity index (χ2v) is 8.04. The van der Waals surface area contributed by atoms with Crippen LogP contribution in [0.5, 0.6) is 0 Å². The minimum absolute atomic E-state index is 0.460. The molecule has 2 nitrogen and oxygen atoms in total. The summed E-state index contributed by atoms with van der Waals surface area (Å²) < 4.78 is 0. The van der Waals surface area contributed by atoms with Crippen LogP contribution in [0.2, 0.25) is 0 Å². The van der Waals surface area contributed by atoms with Gasteiger partial charge in [-0.25, -0.2) is 0 Å². The first-order chi connectivity index (χ1) is 8.97. The van der Waals surface area contributed by atoms with Crippen molar-refractivity contribution in [2.24, 2.45) is 17.3 Å². The number of likely N-dealkylation sites (tertiary alicyclic amines) is 1. The SMILES string of the molecule is CN1CCCC(CNC2CCCCC2C(C)(C)C)C1. The molecule has 1 saturated heterocycles. The van der Waals surface area contributed by atoms with Crippen LogP contribution in [0, 0.1) is 17.3 Å². The fourth-order valence-corrected chi connectivity index (χ4v) is 4.17. The van der Waals surface area contributed by atoms with Crippen LogP contribution < -0.4 is 5.32 Å². The van der Waals surface area contributed by atoms with E-state index in [0.29, 0.717) is 5.41 Å². The van der Waals surface area contributed by atoms with Gasteiger partial charge in [0.1, 0.15) is 0 Å². The number of nitrogens with zero attached hydrogens (tertiary/aromatic N) is 1. The summed E-state index contributed by atoms with van der Waals surface area (Å²) in [6.07, 6.45) is 8.48. The van der Waals surface area contributed by atoms with E-state index >= 15 is 0 Å². The Kier molecular flexibility index (Phi) is 5.30. The minimum Gasteiger partial charge on any atom is -0.313 e. The van der Waals surface area contributed by atoms with Crippen LogP contribution in [0.15, 0.2) is 0 Å². The molecule has 2 aliphatic rings. The monoisotopic (exact) mass is 266 g/mol. The second-order valence-electron chi connectivity index (χ2n) is 8.04. The first-order valence-electron chi connectivity index (χ1n) is 8.39. The van der Waals surface area contributed by atoms with E-state index < -0.39 is 0 Å². The Morgan fingerprint density at radius 2 is 1.79 bits per heavy atom. The van der Waals surface area contributed by atoms with Crippen molar-refractivity contribution >= 4 is 0 Å². The number of rotatable bonds is 3. The van der Waals surface area contributed by atoms with Gasteiger partial charge in [0.25, 0.3) is 0 Å². The van der Waals surface area contributed by atoms with Gasteiger partial charge in [-0.1, -0.05) is 33.6 Å². The standard InChI is InChI=1S/C17H34N2/c1-17(2,3)15-9-5-6-10-16(15)18-12-14-8-7-11-19(4)13-14/h14-16,18H,5-13H2,1-4H3. The van der Waals surface area contributed by atoms with Gasteiger partial charge in [-0.15, -0.1) is 0 Å². The van der Waals surface area contributed by atoms with Crippen molar-refractivity contribution in [3.05, 3.63) is 0 Å². The summed E-state index contributed by atoms with van der Waals surface area (Å²) in [5.41, 5.74) is 0.460. The number of piperidine rings is 1. The van der Waals surface area contributed by atoms with Crippen molar-refractivity contribution in [3.63, 3.8) is 0 Å². The van der Waals surface area contributed by atoms with Gasteiger partial charge in [-0.05, 0) is 63.1 Å². The summed E-state index contributed by atoms with van der Waals surface area (Å²) in [6.45, 7) is 11.1. The molecule has 0 aromatic carbocycles. The Morgan fingerprint density at radius 1 is 1.05 bits per heavy atom. The summed E-state index contributed by atoms with van der Waals surface area (Å²) in [7, 11) is 2.27. The summed E-state index contributed by atoms with van der Waals surface area (Å²) in [5.74, 6) is 1.74. The maximum absolute atomic E-state index is 3.94. The highest BCUT2D eigenvalue weighted by atomic mass is 15.1. The highest BCUT2D eigenvalue weighted by Crippen LogP contribution is 2.38. The lowest BCUT2D eigenvalue weighted by molar-refractivity contribution is 0.121. The van der Waals surface area contributed by atoms with Gasteiger partial charge in [0.05, 0.1) is 0 Å². The maximum atomic E-state index is 3.94. The molecule has 0 aromatic rings. The van der Waals surface area contributed by atoms with Crippen molar-refractivity contribution in [1.82, 2.24) is 10.2 Å². The molecule has 0 spiro atoms. The predicted octanol–water partition coefficient (Wildman–Crippen LogP) is 3.52. The smallest absolute Gasteiger partial charge is 0.0100 e. The largest absolute Gasteiger partial charge is 0.313 e. The lowest BCUT2D eigenvalue weighted by Crippen LogP contribution is -2.47. The second kappa shape index (κ2) is 6.58. The minimum atomic E-state index is 0.460. The van der Waals surface area contributed by atoms with Crippen molar-refractivity contribution in [1.29, 1.82) is 0 Å². The molecule has 0 aromatic heterocycles. The van der Waals surface area contributed by atoms with Crippen LogP contribution in [0.25, 0.3) is 0 Å². The predicted molar refractivity (Wildman–Crippen MR) is 83.4 cm³/mol. The first kappa shape index (κ1) is 15.3. The first-order valence-corrected chi connectivity index (χ1v) is 8.39. The Labute approximate surface area is 120 Å². The van der Waals surface area contributed by atoms with Crippen LogP contribution in [-0.2, 0) is 0 Å². The fourth-order valence-electron chi connectivity index (χ4n) is 4.17. The molecule has 0 radical (unpaired) electrons. The Bertz CT molecular complexity index is 269. The number of nitrogens with one attached hydrogen (secondary N) is 1. The molecule has 2 heteroatoms. The van der Waals surface area contributed by atoms with Crippen LogP contribution in [-0.4, -0.2) is 37.6 Å². The Balaban J connectivity index is 1.82. The summed E-state index contributed by atoms with van der Waals surface area (Å²) in [6, 6.07) is 0.765. The van der Waals surface area contributed by atoms with Gasteiger partial charge >= 0.3 is 0 Å². The van der Waals surface area contributed by atoms with Gasteiger partial charge in [0.2, 0.25) is 0 Å². The summed E-state index contributed by atoms with van der Waals surface area (Å²) >= 11 is 0. The van der Waals surface area contributed by atoms with Gasteiger partial charge in [-0.2, -0.15) is 0 Å². The van der Waals surface area contributed by atoms with Gasteiger partial charge < -0.3 is 10.2 Å². The third kappa shape index (κ3) is 4.46. The molecule has 1 heterocycles. The Hall–Kier alpha value is -0.0800.